The lowest BCUT2D eigenvalue weighted by atomic mass is 10.1. The molecule has 1 aliphatic heterocycles. The lowest BCUT2D eigenvalue weighted by Gasteiger charge is -2.38. The third kappa shape index (κ3) is 2.70. The monoisotopic (exact) mass is 317 g/mol. The summed E-state index contributed by atoms with van der Waals surface area (Å²) in [6, 6.07) is 4.12. The van der Waals surface area contributed by atoms with Crippen LogP contribution in [0.25, 0.3) is 0 Å². The number of hydrogen-bond donors (Lipinski definition) is 2. The number of hydrogen-bond acceptors (Lipinski definition) is 4. The molecule has 1 aromatic rings. The van der Waals surface area contributed by atoms with E-state index in [1.54, 1.807) is 11.3 Å². The van der Waals surface area contributed by atoms with Gasteiger partial charge in [-0.3, -0.25) is 9.69 Å². The van der Waals surface area contributed by atoms with Gasteiger partial charge in [0.1, 0.15) is 0 Å². The van der Waals surface area contributed by atoms with Crippen molar-refractivity contribution in [3.05, 3.63) is 20.8 Å². The Labute approximate surface area is 113 Å². The smallest absolute Gasteiger partial charge is 0.237 e. The summed E-state index contributed by atoms with van der Waals surface area (Å²) < 4.78 is 1.10. The number of amides is 1. The molecule has 2 rings (SSSR count). The molecule has 0 aromatic carbocycles. The first-order chi connectivity index (χ1) is 8.13. The van der Waals surface area contributed by atoms with E-state index >= 15 is 0 Å². The second kappa shape index (κ2) is 5.48. The maximum absolute atomic E-state index is 11.7. The summed E-state index contributed by atoms with van der Waals surface area (Å²) in [4.78, 5) is 15.0. The number of rotatable bonds is 3. The van der Waals surface area contributed by atoms with E-state index in [-0.39, 0.29) is 18.0 Å². The van der Waals surface area contributed by atoms with E-state index in [2.05, 4.69) is 32.2 Å². The van der Waals surface area contributed by atoms with Crippen LogP contribution in [0.5, 0.6) is 0 Å². The zero-order chi connectivity index (χ0) is 12.4. The third-order valence-corrected chi connectivity index (χ3v) is 4.82. The van der Waals surface area contributed by atoms with Crippen molar-refractivity contribution < 1.29 is 4.79 Å². The number of thiophene rings is 1. The normalized spacial score (nSPS) is 23.5. The van der Waals surface area contributed by atoms with Crippen molar-refractivity contribution >= 4 is 33.2 Å². The molecule has 94 valence electrons. The Hall–Kier alpha value is -0.430. The zero-order valence-electron chi connectivity index (χ0n) is 9.65. The molecule has 1 aliphatic rings. The molecule has 3 N–H and O–H groups in total. The highest BCUT2D eigenvalue weighted by molar-refractivity contribution is 9.11. The quantitative estimate of drug-likeness (QED) is 0.884. The molecule has 1 amide bonds. The first-order valence-electron chi connectivity index (χ1n) is 5.62. The molecule has 1 fully saturated rings. The molecule has 0 saturated carbocycles. The van der Waals surface area contributed by atoms with Crippen LogP contribution in [0.3, 0.4) is 0 Å². The summed E-state index contributed by atoms with van der Waals surface area (Å²) in [7, 11) is 0. The van der Waals surface area contributed by atoms with Crippen LogP contribution < -0.4 is 11.1 Å². The van der Waals surface area contributed by atoms with Gasteiger partial charge in [0.15, 0.2) is 0 Å². The van der Waals surface area contributed by atoms with Gasteiger partial charge in [-0.1, -0.05) is 0 Å². The maximum atomic E-state index is 11.7. The van der Waals surface area contributed by atoms with Crippen molar-refractivity contribution in [2.75, 3.05) is 19.6 Å². The van der Waals surface area contributed by atoms with Gasteiger partial charge in [-0.2, -0.15) is 0 Å². The second-order valence-electron chi connectivity index (χ2n) is 4.10. The van der Waals surface area contributed by atoms with Crippen LogP contribution >= 0.6 is 27.3 Å². The van der Waals surface area contributed by atoms with Crippen LogP contribution in [0.1, 0.15) is 17.8 Å². The fourth-order valence-electron chi connectivity index (χ4n) is 2.15. The average molecular weight is 318 g/mol. The van der Waals surface area contributed by atoms with E-state index < -0.39 is 0 Å². The number of nitrogens with two attached hydrogens (primary N) is 1. The molecule has 2 atom stereocenters. The van der Waals surface area contributed by atoms with Gasteiger partial charge >= 0.3 is 0 Å². The highest BCUT2D eigenvalue weighted by Crippen LogP contribution is 2.31. The predicted octanol–water partition coefficient (Wildman–Crippen LogP) is 1.33. The van der Waals surface area contributed by atoms with E-state index in [0.29, 0.717) is 13.1 Å². The molecule has 0 bridgehead atoms. The summed E-state index contributed by atoms with van der Waals surface area (Å²) >= 11 is 5.14. The molecular formula is C11H16BrN3OS. The van der Waals surface area contributed by atoms with Gasteiger partial charge in [-0.05, 0) is 35.0 Å². The number of nitrogens with one attached hydrogen (secondary N) is 1. The Morgan fingerprint density at radius 3 is 3.06 bits per heavy atom. The lowest BCUT2D eigenvalue weighted by Crippen LogP contribution is -2.55. The van der Waals surface area contributed by atoms with Crippen molar-refractivity contribution in [1.82, 2.24) is 10.2 Å². The number of carbonyl (C=O) groups excluding carboxylic acids is 1. The fourth-order valence-corrected chi connectivity index (χ4v) is 3.71. The van der Waals surface area contributed by atoms with Crippen molar-refractivity contribution in [2.45, 2.75) is 19.0 Å². The standard InChI is InChI=1S/C11H16BrN3OS/c1-7-11(16)14-4-5-15(7)8(6-13)9-2-3-10(12)17-9/h2-3,7-8H,4-6,13H2,1H3,(H,14,16). The van der Waals surface area contributed by atoms with E-state index in [0.717, 1.165) is 10.3 Å². The van der Waals surface area contributed by atoms with E-state index in [1.807, 2.05) is 13.0 Å². The Bertz CT molecular complexity index is 409. The van der Waals surface area contributed by atoms with Crippen LogP contribution in [0.2, 0.25) is 0 Å². The summed E-state index contributed by atoms with van der Waals surface area (Å²) in [5.74, 6) is 0.0883. The molecule has 1 saturated heterocycles. The number of halogens is 1. The Morgan fingerprint density at radius 1 is 1.71 bits per heavy atom. The predicted molar refractivity (Wildman–Crippen MR) is 73.0 cm³/mol. The van der Waals surface area contributed by atoms with Crippen LogP contribution in [0.15, 0.2) is 15.9 Å². The van der Waals surface area contributed by atoms with Gasteiger partial charge in [0.25, 0.3) is 0 Å². The Balaban J connectivity index is 2.20. The maximum Gasteiger partial charge on any atom is 0.237 e. The summed E-state index contributed by atoms with van der Waals surface area (Å²) in [5.41, 5.74) is 5.87. The molecule has 1 aromatic heterocycles. The molecule has 6 heteroatoms. The molecule has 17 heavy (non-hydrogen) atoms. The third-order valence-electron chi connectivity index (χ3n) is 3.09. The molecule has 4 nitrogen and oxygen atoms in total. The highest BCUT2D eigenvalue weighted by Gasteiger charge is 2.31. The second-order valence-corrected chi connectivity index (χ2v) is 6.59. The fraction of sp³-hybridized carbons (Fsp3) is 0.545. The van der Waals surface area contributed by atoms with Crippen LogP contribution in [0.4, 0.5) is 0 Å². The number of piperazine rings is 1. The topological polar surface area (TPSA) is 58.4 Å². The van der Waals surface area contributed by atoms with Gasteiger partial charge in [-0.25, -0.2) is 0 Å². The van der Waals surface area contributed by atoms with Gasteiger partial charge in [0.2, 0.25) is 5.91 Å². The van der Waals surface area contributed by atoms with Crippen molar-refractivity contribution in [3.8, 4) is 0 Å². The van der Waals surface area contributed by atoms with Crippen molar-refractivity contribution in [3.63, 3.8) is 0 Å². The molecule has 0 spiro atoms. The Kier molecular flexibility index (Phi) is 4.19. The van der Waals surface area contributed by atoms with E-state index in [9.17, 15) is 4.79 Å². The van der Waals surface area contributed by atoms with Crippen LogP contribution in [0, 0.1) is 0 Å². The van der Waals surface area contributed by atoms with Gasteiger partial charge < -0.3 is 11.1 Å². The van der Waals surface area contributed by atoms with Crippen LogP contribution in [-0.2, 0) is 4.79 Å². The SMILES string of the molecule is CC1C(=O)NCCN1C(CN)c1ccc(Br)s1. The van der Waals surface area contributed by atoms with E-state index in [4.69, 9.17) is 5.73 Å². The largest absolute Gasteiger partial charge is 0.353 e. The molecule has 2 unspecified atom stereocenters. The summed E-state index contributed by atoms with van der Waals surface area (Å²) in [5, 5.41) is 2.87. The first-order valence-corrected chi connectivity index (χ1v) is 7.23. The summed E-state index contributed by atoms with van der Waals surface area (Å²) in [6.07, 6.45) is 0. The molecule has 0 aliphatic carbocycles. The number of carbonyl (C=O) groups is 1. The van der Waals surface area contributed by atoms with Crippen LogP contribution in [-0.4, -0.2) is 36.5 Å². The highest BCUT2D eigenvalue weighted by atomic mass is 79.9. The van der Waals surface area contributed by atoms with E-state index in [1.165, 1.54) is 4.88 Å². The molecular weight excluding hydrogens is 302 g/mol. The minimum absolute atomic E-state index is 0.0883. The van der Waals surface area contributed by atoms with Gasteiger partial charge in [-0.15, -0.1) is 11.3 Å². The number of nitrogens with zero attached hydrogens (tertiary/aromatic N) is 1. The minimum Gasteiger partial charge on any atom is -0.353 e. The first kappa shape index (κ1) is 13.0. The van der Waals surface area contributed by atoms with Gasteiger partial charge in [0, 0.05) is 24.5 Å². The zero-order valence-corrected chi connectivity index (χ0v) is 12.1. The minimum atomic E-state index is -0.113. The lowest BCUT2D eigenvalue weighted by molar-refractivity contribution is -0.129. The average Bonchev–Trinajstić information content (AvgIpc) is 2.72. The van der Waals surface area contributed by atoms with Crippen molar-refractivity contribution in [1.29, 1.82) is 0 Å². The molecule has 2 heterocycles. The van der Waals surface area contributed by atoms with Crippen molar-refractivity contribution in [2.24, 2.45) is 5.73 Å². The Morgan fingerprint density at radius 2 is 2.47 bits per heavy atom. The van der Waals surface area contributed by atoms with Gasteiger partial charge in [0.05, 0.1) is 15.9 Å². The summed E-state index contributed by atoms with van der Waals surface area (Å²) in [6.45, 7) is 4.01. The molecule has 0 radical (unpaired) electrons.